The maximum atomic E-state index is 13.2. The van der Waals surface area contributed by atoms with Crippen LogP contribution in [0.15, 0.2) is 72.6 Å². The van der Waals surface area contributed by atoms with Crippen molar-refractivity contribution in [1.29, 1.82) is 0 Å². The van der Waals surface area contributed by atoms with Gasteiger partial charge in [-0.05, 0) is 63.0 Å². The molecule has 0 atom stereocenters. The third kappa shape index (κ3) is 6.30. The molecule has 9 nitrogen and oxygen atoms in total. The molecule has 0 aliphatic carbocycles. The van der Waals surface area contributed by atoms with E-state index in [0.29, 0.717) is 30.2 Å². The topological polar surface area (TPSA) is 90.0 Å². The Morgan fingerprint density at radius 1 is 1.24 bits per heavy atom. The van der Waals surface area contributed by atoms with Crippen molar-refractivity contribution in [2.45, 2.75) is 13.5 Å². The fourth-order valence-electron chi connectivity index (χ4n) is 4.47. The predicted octanol–water partition coefficient (Wildman–Crippen LogP) is 2.79. The minimum atomic E-state index is -0.342. The molecule has 38 heavy (non-hydrogen) atoms. The number of carbonyl (C=O) groups excluding carboxylic acids is 2. The van der Waals surface area contributed by atoms with Crippen LogP contribution in [0.1, 0.15) is 33.3 Å². The Bertz CT molecular complexity index is 1250. The van der Waals surface area contributed by atoms with Gasteiger partial charge < -0.3 is 25.2 Å². The van der Waals surface area contributed by atoms with Gasteiger partial charge >= 0.3 is 0 Å². The number of aromatic nitrogens is 1. The van der Waals surface area contributed by atoms with E-state index in [2.05, 4.69) is 27.1 Å². The van der Waals surface area contributed by atoms with Gasteiger partial charge in [-0.15, -0.1) is 0 Å². The molecule has 1 aromatic heterocycles. The van der Waals surface area contributed by atoms with Gasteiger partial charge in [-0.2, -0.15) is 0 Å². The van der Waals surface area contributed by atoms with Crippen LogP contribution >= 0.6 is 0 Å². The quantitative estimate of drug-likeness (QED) is 0.470. The first kappa shape index (κ1) is 27.1. The molecule has 0 spiro atoms. The van der Waals surface area contributed by atoms with Crippen molar-refractivity contribution >= 4 is 17.6 Å². The molecule has 2 aliphatic heterocycles. The molecule has 200 valence electrons. The average Bonchev–Trinajstić information content (AvgIpc) is 3.26. The van der Waals surface area contributed by atoms with Gasteiger partial charge in [0, 0.05) is 38.3 Å². The van der Waals surface area contributed by atoms with Gasteiger partial charge in [-0.3, -0.25) is 14.5 Å². The number of hydrogen-bond acceptors (Lipinski definition) is 7. The number of fused-ring (bicyclic) bond motifs is 1. The maximum absolute atomic E-state index is 13.2. The summed E-state index contributed by atoms with van der Waals surface area (Å²) in [5.74, 6) is 0.674. The van der Waals surface area contributed by atoms with Gasteiger partial charge in [0.25, 0.3) is 11.8 Å². The molecule has 2 aromatic rings. The standard InChI is InChI=1S/C29H36N6O3/c1-5-8-26(34-15-13-30-14-16-34)24(6-2)32-28(36)25-9-7-10-27(31-25)35-20-21-19-22(38-18-17-33(3)4)11-12-23(21)29(35)37/h5-12,19,30H,1,13-18,20H2,2-4H3,(H,32,36)/b24-6+,26-8+. The summed E-state index contributed by atoms with van der Waals surface area (Å²) >= 11 is 0. The third-order valence-electron chi connectivity index (χ3n) is 6.48. The minimum Gasteiger partial charge on any atom is -0.492 e. The number of amides is 2. The summed E-state index contributed by atoms with van der Waals surface area (Å²) in [6, 6.07) is 10.7. The van der Waals surface area contributed by atoms with Crippen LogP contribution in [0.2, 0.25) is 0 Å². The number of ether oxygens (including phenoxy) is 1. The normalized spacial score (nSPS) is 16.1. The predicted molar refractivity (Wildman–Crippen MR) is 149 cm³/mol. The summed E-state index contributed by atoms with van der Waals surface area (Å²) in [6.07, 6.45) is 5.50. The van der Waals surface area contributed by atoms with Crippen LogP contribution in [0.3, 0.4) is 0 Å². The Morgan fingerprint density at radius 2 is 2.03 bits per heavy atom. The third-order valence-corrected chi connectivity index (χ3v) is 6.48. The smallest absolute Gasteiger partial charge is 0.274 e. The van der Waals surface area contributed by atoms with E-state index in [-0.39, 0.29) is 17.5 Å². The first-order valence-corrected chi connectivity index (χ1v) is 12.9. The van der Waals surface area contributed by atoms with E-state index in [9.17, 15) is 9.59 Å². The Kier molecular flexibility index (Phi) is 8.93. The summed E-state index contributed by atoms with van der Waals surface area (Å²) in [5.41, 5.74) is 3.32. The molecule has 2 N–H and O–H groups in total. The first-order valence-electron chi connectivity index (χ1n) is 12.9. The van der Waals surface area contributed by atoms with Gasteiger partial charge in [-0.25, -0.2) is 4.98 Å². The molecule has 2 amide bonds. The molecule has 0 radical (unpaired) electrons. The Balaban J connectivity index is 1.47. The summed E-state index contributed by atoms with van der Waals surface area (Å²) in [6.45, 7) is 10.9. The fraction of sp³-hybridized carbons (Fsp3) is 0.345. The zero-order chi connectivity index (χ0) is 27.1. The van der Waals surface area contributed by atoms with Crippen LogP contribution in [-0.4, -0.2) is 80.0 Å². The maximum Gasteiger partial charge on any atom is 0.274 e. The van der Waals surface area contributed by atoms with E-state index in [1.807, 2.05) is 50.2 Å². The highest BCUT2D eigenvalue weighted by molar-refractivity contribution is 6.09. The van der Waals surface area contributed by atoms with Crippen LogP contribution in [0.25, 0.3) is 0 Å². The molecular weight excluding hydrogens is 480 g/mol. The van der Waals surface area contributed by atoms with Gasteiger partial charge in [0.2, 0.25) is 0 Å². The molecule has 4 rings (SSSR count). The lowest BCUT2D eigenvalue weighted by Crippen LogP contribution is -2.44. The minimum absolute atomic E-state index is 0.144. The van der Waals surface area contributed by atoms with Crippen molar-refractivity contribution < 1.29 is 14.3 Å². The summed E-state index contributed by atoms with van der Waals surface area (Å²) in [7, 11) is 3.99. The monoisotopic (exact) mass is 516 g/mol. The lowest BCUT2D eigenvalue weighted by atomic mass is 10.1. The number of likely N-dealkylation sites (N-methyl/N-ethyl adjacent to an activating group) is 1. The highest BCUT2D eigenvalue weighted by Crippen LogP contribution is 2.30. The van der Waals surface area contributed by atoms with Crippen molar-refractivity contribution in [2.24, 2.45) is 0 Å². The number of nitrogens with one attached hydrogen (secondary N) is 2. The van der Waals surface area contributed by atoms with E-state index in [4.69, 9.17) is 4.74 Å². The number of pyridine rings is 1. The van der Waals surface area contributed by atoms with Crippen molar-refractivity contribution in [3.05, 3.63) is 89.4 Å². The van der Waals surface area contributed by atoms with E-state index < -0.39 is 0 Å². The molecule has 0 bridgehead atoms. The van der Waals surface area contributed by atoms with Gasteiger partial charge in [0.05, 0.1) is 17.9 Å². The number of allylic oxidation sites excluding steroid dienone is 3. The van der Waals surface area contributed by atoms with Gasteiger partial charge in [0.15, 0.2) is 0 Å². The van der Waals surface area contributed by atoms with Crippen LogP contribution in [0, 0.1) is 0 Å². The van der Waals surface area contributed by atoms with Crippen LogP contribution in [0.4, 0.5) is 5.82 Å². The highest BCUT2D eigenvalue weighted by atomic mass is 16.5. The lowest BCUT2D eigenvalue weighted by Gasteiger charge is -2.32. The highest BCUT2D eigenvalue weighted by Gasteiger charge is 2.30. The number of nitrogens with zero attached hydrogens (tertiary/aromatic N) is 4. The Labute approximate surface area is 224 Å². The second kappa shape index (κ2) is 12.5. The van der Waals surface area contributed by atoms with Crippen molar-refractivity contribution in [3.63, 3.8) is 0 Å². The van der Waals surface area contributed by atoms with Crippen molar-refractivity contribution in [1.82, 2.24) is 25.4 Å². The van der Waals surface area contributed by atoms with E-state index in [1.54, 1.807) is 35.2 Å². The molecule has 3 heterocycles. The van der Waals surface area contributed by atoms with E-state index >= 15 is 0 Å². The SMILES string of the molecule is C=C/C=C(\C(=C/C)NC(=O)c1cccc(N2Cc3cc(OCCN(C)C)ccc3C2=O)n1)N1CCNCC1. The zero-order valence-corrected chi connectivity index (χ0v) is 22.4. The number of piperazine rings is 1. The van der Waals surface area contributed by atoms with E-state index in [1.165, 1.54) is 0 Å². The number of anilines is 1. The second-order valence-electron chi connectivity index (χ2n) is 9.42. The number of carbonyl (C=O) groups is 2. The second-order valence-corrected chi connectivity index (χ2v) is 9.42. The van der Waals surface area contributed by atoms with Crippen LogP contribution in [0.5, 0.6) is 5.75 Å². The molecule has 1 fully saturated rings. The molecule has 0 unspecified atom stereocenters. The fourth-order valence-corrected chi connectivity index (χ4v) is 4.47. The first-order chi connectivity index (χ1) is 18.4. The molecular formula is C29H36N6O3. The van der Waals surface area contributed by atoms with Gasteiger partial charge in [0.1, 0.15) is 23.9 Å². The number of hydrogen-bond donors (Lipinski definition) is 2. The molecule has 1 saturated heterocycles. The summed E-state index contributed by atoms with van der Waals surface area (Å²) < 4.78 is 5.83. The largest absolute Gasteiger partial charge is 0.492 e. The number of rotatable bonds is 10. The summed E-state index contributed by atoms with van der Waals surface area (Å²) in [4.78, 5) is 36.8. The van der Waals surface area contributed by atoms with Gasteiger partial charge in [-0.1, -0.05) is 24.8 Å². The Hall–Kier alpha value is -3.95. The van der Waals surface area contributed by atoms with E-state index in [0.717, 1.165) is 49.7 Å². The van der Waals surface area contributed by atoms with Crippen LogP contribution < -0.4 is 20.3 Å². The van der Waals surface area contributed by atoms with Crippen molar-refractivity contribution in [3.8, 4) is 5.75 Å². The Morgan fingerprint density at radius 3 is 2.74 bits per heavy atom. The lowest BCUT2D eigenvalue weighted by molar-refractivity contribution is 0.0955. The van der Waals surface area contributed by atoms with Crippen molar-refractivity contribution in [2.75, 3.05) is 58.3 Å². The summed E-state index contributed by atoms with van der Waals surface area (Å²) in [5, 5.41) is 6.35. The molecule has 0 saturated carbocycles. The average molecular weight is 517 g/mol. The molecule has 9 heteroatoms. The van der Waals surface area contributed by atoms with Crippen LogP contribution in [-0.2, 0) is 6.54 Å². The number of benzene rings is 1. The zero-order valence-electron chi connectivity index (χ0n) is 22.4. The molecule has 1 aromatic carbocycles. The molecule has 2 aliphatic rings.